The summed E-state index contributed by atoms with van der Waals surface area (Å²) in [7, 11) is 2.07. The van der Waals surface area contributed by atoms with Crippen LogP contribution in [0.15, 0.2) is 25.3 Å². The van der Waals surface area contributed by atoms with E-state index >= 15 is 0 Å². The van der Waals surface area contributed by atoms with E-state index in [0.29, 0.717) is 25.7 Å². The molecule has 1 fully saturated rings. The molecule has 0 N–H and O–H groups in total. The summed E-state index contributed by atoms with van der Waals surface area (Å²) in [6.07, 6.45) is 8.54. The molecule has 1 aliphatic carbocycles. The molecule has 0 saturated heterocycles. The van der Waals surface area contributed by atoms with E-state index in [4.69, 9.17) is 0 Å². The molecular weight excluding hydrogens is 236 g/mol. The summed E-state index contributed by atoms with van der Waals surface area (Å²) in [5, 5.41) is 0. The average molecular weight is 264 g/mol. The zero-order valence-corrected chi connectivity index (χ0v) is 12.5. The van der Waals surface area contributed by atoms with Crippen molar-refractivity contribution in [1.29, 1.82) is 0 Å². The fourth-order valence-corrected chi connectivity index (χ4v) is 2.72. The highest BCUT2D eigenvalue weighted by Crippen LogP contribution is 2.26. The van der Waals surface area contributed by atoms with Crippen molar-refractivity contribution in [3.63, 3.8) is 0 Å². The molecule has 0 aliphatic heterocycles. The Bertz CT molecular complexity index is 296. The second-order valence-electron chi connectivity index (χ2n) is 5.70. The number of amides is 1. The van der Waals surface area contributed by atoms with Crippen molar-refractivity contribution in [2.24, 2.45) is 5.92 Å². The maximum atomic E-state index is 12.2. The van der Waals surface area contributed by atoms with Gasteiger partial charge in [-0.2, -0.15) is 0 Å². The van der Waals surface area contributed by atoms with E-state index in [1.165, 1.54) is 25.7 Å². The Balaban J connectivity index is 2.45. The molecule has 1 amide bonds. The Kier molecular flexibility index (Phi) is 6.85. The van der Waals surface area contributed by atoms with E-state index in [9.17, 15) is 4.79 Å². The van der Waals surface area contributed by atoms with Gasteiger partial charge in [-0.1, -0.05) is 19.1 Å². The quantitative estimate of drug-likeness (QED) is 0.660. The van der Waals surface area contributed by atoms with Crippen molar-refractivity contribution in [3.8, 4) is 0 Å². The SMILES string of the molecule is C=CCN(CC=C)C(=O)CN(C)C1CCC(C)CC1. The number of nitrogens with zero attached hydrogens (tertiary/aromatic N) is 2. The van der Waals surface area contributed by atoms with Crippen LogP contribution >= 0.6 is 0 Å². The lowest BCUT2D eigenvalue weighted by atomic mass is 9.87. The second-order valence-corrected chi connectivity index (χ2v) is 5.70. The highest BCUT2D eigenvalue weighted by molar-refractivity contribution is 5.78. The molecule has 0 heterocycles. The molecule has 3 nitrogen and oxygen atoms in total. The molecule has 19 heavy (non-hydrogen) atoms. The minimum Gasteiger partial charge on any atom is -0.334 e. The monoisotopic (exact) mass is 264 g/mol. The molecule has 1 saturated carbocycles. The van der Waals surface area contributed by atoms with Gasteiger partial charge in [0.1, 0.15) is 0 Å². The van der Waals surface area contributed by atoms with Crippen LogP contribution in [0, 0.1) is 5.92 Å². The highest BCUT2D eigenvalue weighted by Gasteiger charge is 2.24. The first-order valence-corrected chi connectivity index (χ1v) is 7.28. The molecule has 108 valence electrons. The summed E-state index contributed by atoms with van der Waals surface area (Å²) in [5.74, 6) is 1.01. The number of rotatable bonds is 7. The van der Waals surface area contributed by atoms with Gasteiger partial charge in [0.2, 0.25) is 5.91 Å². The van der Waals surface area contributed by atoms with E-state index in [1.807, 2.05) is 0 Å². The number of hydrogen-bond acceptors (Lipinski definition) is 2. The Labute approximate surface area is 118 Å². The first-order chi connectivity index (χ1) is 9.08. The molecule has 0 unspecified atom stereocenters. The summed E-state index contributed by atoms with van der Waals surface area (Å²) < 4.78 is 0. The molecule has 0 aromatic rings. The number of likely N-dealkylation sites (N-methyl/N-ethyl adjacent to an activating group) is 1. The number of carbonyl (C=O) groups excluding carboxylic acids is 1. The Morgan fingerprint density at radius 3 is 2.16 bits per heavy atom. The van der Waals surface area contributed by atoms with E-state index in [-0.39, 0.29) is 5.91 Å². The minimum atomic E-state index is 0.168. The lowest BCUT2D eigenvalue weighted by Gasteiger charge is -2.34. The largest absolute Gasteiger partial charge is 0.334 e. The predicted octanol–water partition coefficient (Wildman–Crippen LogP) is 2.70. The lowest BCUT2D eigenvalue weighted by molar-refractivity contribution is -0.131. The minimum absolute atomic E-state index is 0.168. The average Bonchev–Trinajstić information content (AvgIpc) is 2.39. The van der Waals surface area contributed by atoms with Gasteiger partial charge in [-0.05, 0) is 38.6 Å². The van der Waals surface area contributed by atoms with Gasteiger partial charge in [0.05, 0.1) is 6.54 Å². The molecule has 0 bridgehead atoms. The third-order valence-corrected chi connectivity index (χ3v) is 4.05. The van der Waals surface area contributed by atoms with Gasteiger partial charge in [-0.15, -0.1) is 13.2 Å². The van der Waals surface area contributed by atoms with Crippen molar-refractivity contribution < 1.29 is 4.79 Å². The number of carbonyl (C=O) groups is 1. The van der Waals surface area contributed by atoms with Crippen molar-refractivity contribution in [2.45, 2.75) is 38.6 Å². The van der Waals surface area contributed by atoms with Gasteiger partial charge in [-0.25, -0.2) is 0 Å². The topological polar surface area (TPSA) is 23.6 Å². The zero-order chi connectivity index (χ0) is 14.3. The van der Waals surface area contributed by atoms with Crippen LogP contribution in [0.1, 0.15) is 32.6 Å². The van der Waals surface area contributed by atoms with Crippen LogP contribution in [0.2, 0.25) is 0 Å². The third kappa shape index (κ3) is 5.19. The fourth-order valence-electron chi connectivity index (χ4n) is 2.72. The van der Waals surface area contributed by atoms with Crippen LogP contribution in [0.25, 0.3) is 0 Å². The molecule has 0 atom stereocenters. The van der Waals surface area contributed by atoms with Crippen LogP contribution in [0.4, 0.5) is 0 Å². The van der Waals surface area contributed by atoms with E-state index in [2.05, 4.69) is 32.0 Å². The molecule has 3 heteroatoms. The summed E-state index contributed by atoms with van der Waals surface area (Å²) in [6, 6.07) is 0.564. The Morgan fingerprint density at radius 1 is 1.16 bits per heavy atom. The van der Waals surface area contributed by atoms with Crippen LogP contribution in [-0.4, -0.2) is 48.4 Å². The van der Waals surface area contributed by atoms with Gasteiger partial charge >= 0.3 is 0 Å². The third-order valence-electron chi connectivity index (χ3n) is 4.05. The van der Waals surface area contributed by atoms with Gasteiger partial charge in [0.15, 0.2) is 0 Å². The molecular formula is C16H28N2O. The maximum Gasteiger partial charge on any atom is 0.237 e. The van der Waals surface area contributed by atoms with Gasteiger partial charge in [0, 0.05) is 19.1 Å². The zero-order valence-electron chi connectivity index (χ0n) is 12.5. The standard InChI is InChI=1S/C16H28N2O/c1-5-11-18(12-6-2)16(19)13-17(4)15-9-7-14(3)8-10-15/h5-6,14-15H,1-2,7-13H2,3-4H3. The molecule has 1 aliphatic rings. The van der Waals surface area contributed by atoms with Crippen LogP contribution in [0.3, 0.4) is 0 Å². The Morgan fingerprint density at radius 2 is 1.68 bits per heavy atom. The van der Waals surface area contributed by atoms with Gasteiger partial charge < -0.3 is 4.90 Å². The fraction of sp³-hybridized carbons (Fsp3) is 0.688. The molecule has 0 radical (unpaired) electrons. The first kappa shape index (κ1) is 16.0. The van der Waals surface area contributed by atoms with Crippen LogP contribution < -0.4 is 0 Å². The lowest BCUT2D eigenvalue weighted by Crippen LogP contribution is -2.44. The van der Waals surface area contributed by atoms with Gasteiger partial charge in [0.25, 0.3) is 0 Å². The van der Waals surface area contributed by atoms with E-state index in [1.54, 1.807) is 17.1 Å². The van der Waals surface area contributed by atoms with E-state index in [0.717, 1.165) is 5.92 Å². The second kappa shape index (κ2) is 8.16. The first-order valence-electron chi connectivity index (χ1n) is 7.28. The molecule has 0 aromatic carbocycles. The molecule has 0 spiro atoms. The smallest absolute Gasteiger partial charge is 0.237 e. The van der Waals surface area contributed by atoms with E-state index < -0.39 is 0 Å². The highest BCUT2D eigenvalue weighted by atomic mass is 16.2. The summed E-state index contributed by atoms with van der Waals surface area (Å²) in [5.41, 5.74) is 0. The summed E-state index contributed by atoms with van der Waals surface area (Å²) >= 11 is 0. The summed E-state index contributed by atoms with van der Waals surface area (Å²) in [4.78, 5) is 16.2. The van der Waals surface area contributed by atoms with Crippen molar-refractivity contribution >= 4 is 5.91 Å². The Hall–Kier alpha value is -1.09. The predicted molar refractivity (Wildman–Crippen MR) is 81.0 cm³/mol. The van der Waals surface area contributed by atoms with Gasteiger partial charge in [-0.3, -0.25) is 9.69 Å². The molecule has 0 aromatic heterocycles. The van der Waals surface area contributed by atoms with Crippen LogP contribution in [0.5, 0.6) is 0 Å². The maximum absolute atomic E-state index is 12.2. The van der Waals surface area contributed by atoms with Crippen molar-refractivity contribution in [1.82, 2.24) is 9.80 Å². The normalized spacial score (nSPS) is 23.1. The van der Waals surface area contributed by atoms with Crippen molar-refractivity contribution in [3.05, 3.63) is 25.3 Å². The van der Waals surface area contributed by atoms with Crippen LogP contribution in [-0.2, 0) is 4.79 Å². The summed E-state index contributed by atoms with van der Waals surface area (Å²) in [6.45, 7) is 11.4. The molecule has 1 rings (SSSR count). The van der Waals surface area contributed by atoms with Crippen molar-refractivity contribution in [2.75, 3.05) is 26.7 Å². The number of hydrogen-bond donors (Lipinski definition) is 0.